The Morgan fingerprint density at radius 3 is 1.25 bits per heavy atom. The van der Waals surface area contributed by atoms with E-state index < -0.39 is 56.3 Å². The van der Waals surface area contributed by atoms with Gasteiger partial charge in [-0.2, -0.15) is 0 Å². The third kappa shape index (κ3) is 43.8. The zero-order valence-corrected chi connectivity index (χ0v) is 52.7. The summed E-state index contributed by atoms with van der Waals surface area (Å²) in [7, 11) is -16.0. The largest absolute Gasteiger partial charge is 0.514 e. The van der Waals surface area contributed by atoms with E-state index in [4.69, 9.17) is 43.7 Å². The molecule has 15 N–H and O–H groups in total. The van der Waals surface area contributed by atoms with Gasteiger partial charge in [0.15, 0.2) is 20.0 Å². The molecule has 0 saturated carbocycles. The van der Waals surface area contributed by atoms with Crippen molar-refractivity contribution in [1.82, 2.24) is 0 Å². The molecule has 84 heavy (non-hydrogen) atoms. The number of phenolic OH excluding ortho intramolecular Hbond substituents is 1. The number of phenols is 1. The Hall–Kier alpha value is -5.76. The summed E-state index contributed by atoms with van der Waals surface area (Å²) in [6.07, 6.45) is 8.70. The lowest BCUT2D eigenvalue weighted by atomic mass is 10.1. The maximum atomic E-state index is 11.6. The van der Waals surface area contributed by atoms with Crippen LogP contribution in [0.3, 0.4) is 0 Å². The number of aryl methyl sites for hydroxylation is 5. The summed E-state index contributed by atoms with van der Waals surface area (Å²) in [4.78, 5) is 82.1. The predicted molar refractivity (Wildman–Crippen MR) is 325 cm³/mol. The molecule has 5 aromatic rings. The fraction of sp³-hybridized carbons (Fsp3) is 0.368. The monoisotopic (exact) mass is 1290 g/mol. The third-order valence-electron chi connectivity index (χ3n) is 10.8. The first-order chi connectivity index (χ1) is 46.9. The zero-order chi connectivity index (χ0) is 73.3. The highest BCUT2D eigenvalue weighted by atomic mass is 28.4. The summed E-state index contributed by atoms with van der Waals surface area (Å²) in [6, 6.07) is 37.5. The smallest absolute Gasteiger partial charge is 0.508 e. The summed E-state index contributed by atoms with van der Waals surface area (Å²) in [5, 5.41) is 9.46. The Labute approximate surface area is 518 Å². The summed E-state index contributed by atoms with van der Waals surface area (Å²) < 4.78 is 121. The van der Waals surface area contributed by atoms with Crippen molar-refractivity contribution in [1.29, 1.82) is 20.0 Å². The van der Waals surface area contributed by atoms with Gasteiger partial charge in [-0.3, -0.25) is 4.79 Å². The number of hydrogen-bond donors (Lipinski definition) is 15. The number of hydrogen-bond acceptors (Lipinski definition) is 22. The van der Waals surface area contributed by atoms with Crippen molar-refractivity contribution in [2.24, 2.45) is 0 Å². The highest BCUT2D eigenvalue weighted by molar-refractivity contribution is 6.57. The minimum absolute atomic E-state index is 0.180. The molecule has 0 heterocycles. The number of benzene rings is 5. The van der Waals surface area contributed by atoms with Gasteiger partial charge in [-0.15, -0.1) is 0 Å². The molecule has 5 rings (SSSR count). The average Bonchev–Trinajstić information content (AvgIpc) is 1.22. The maximum Gasteiger partial charge on any atom is 0.514 e. The first kappa shape index (κ1) is 54.9. The molecule has 0 atom stereocenters. The molecule has 27 heteroatoms. The number of aromatic hydroxyl groups is 1. The van der Waals surface area contributed by atoms with Crippen molar-refractivity contribution in [2.45, 2.75) is 128 Å². The molecule has 0 aliphatic rings. The van der Waals surface area contributed by atoms with Gasteiger partial charge in [-0.25, -0.2) is 4.79 Å². The topological polar surface area (TPSA) is 384 Å². The van der Waals surface area contributed by atoms with Gasteiger partial charge < -0.3 is 96.0 Å². The summed E-state index contributed by atoms with van der Waals surface area (Å²) in [6.45, 7) is 14.1. The van der Waals surface area contributed by atoms with Gasteiger partial charge in [0, 0.05) is 31.1 Å². The Balaban J connectivity index is 0.000000617. The van der Waals surface area contributed by atoms with E-state index in [0.717, 1.165) is 40.0 Å². The van der Waals surface area contributed by atoms with Crippen LogP contribution >= 0.6 is 0 Å². The second-order valence-electron chi connectivity index (χ2n) is 19.7. The van der Waals surface area contributed by atoms with Crippen LogP contribution in [0.15, 0.2) is 147 Å². The Bertz CT molecular complexity index is 2880. The molecular formula is C57H86O22Si5. The highest BCUT2D eigenvalue weighted by Crippen LogP contribution is 2.21. The molecule has 0 aromatic heterocycles. The van der Waals surface area contributed by atoms with Crippen LogP contribution in [0.1, 0.15) is 87.6 Å². The van der Waals surface area contributed by atoms with Crippen LogP contribution in [0.4, 0.5) is 4.79 Å². The van der Waals surface area contributed by atoms with E-state index >= 15 is 0 Å². The quantitative estimate of drug-likeness (QED) is 0.00611. The van der Waals surface area contributed by atoms with E-state index in [-0.39, 0.29) is 35.9 Å². The molecule has 0 aliphatic carbocycles. The van der Waals surface area contributed by atoms with Crippen molar-refractivity contribution in [3.8, 4) is 28.7 Å². The van der Waals surface area contributed by atoms with E-state index in [2.05, 4.69) is 80.3 Å². The van der Waals surface area contributed by atoms with Crippen molar-refractivity contribution >= 4 is 56.6 Å². The van der Waals surface area contributed by atoms with Gasteiger partial charge in [0.1, 0.15) is 41.0 Å². The number of ether oxygens (including phenoxy) is 5. The average molecular weight is 1290 g/mol. The molecular weight excluding hydrogens is 1180 g/mol. The molecule has 0 spiro atoms. The summed E-state index contributed by atoms with van der Waals surface area (Å²) >= 11 is 0. The molecule has 0 bridgehead atoms. The minimum atomic E-state index is -3.51. The number of carbonyl (C=O) groups is 2. The van der Waals surface area contributed by atoms with Crippen LogP contribution in [0.5, 0.6) is 28.7 Å². The van der Waals surface area contributed by atoms with E-state index in [0.29, 0.717) is 87.7 Å². The Morgan fingerprint density at radius 1 is 0.524 bits per heavy atom. The molecule has 0 radical (unpaired) electrons. The predicted octanol–water partition coefficient (Wildman–Crippen LogP) is 5.00. The molecule has 22 nitrogen and oxygen atoms in total. The van der Waals surface area contributed by atoms with Crippen molar-refractivity contribution < 1.29 is 106 Å². The summed E-state index contributed by atoms with van der Waals surface area (Å²) in [5.41, 5.74) is 4.35. The van der Waals surface area contributed by atoms with Crippen molar-refractivity contribution in [2.75, 3.05) is 6.61 Å². The Kier molecular flexibility index (Phi) is 26.0. The molecule has 0 aliphatic heterocycles. The van der Waals surface area contributed by atoms with Gasteiger partial charge >= 0.3 is 56.6 Å². The lowest BCUT2D eigenvalue weighted by Crippen LogP contribution is -2.34. The van der Waals surface area contributed by atoms with E-state index in [1.54, 1.807) is 75.4 Å². The fourth-order valence-electron chi connectivity index (χ4n) is 6.94. The van der Waals surface area contributed by atoms with Gasteiger partial charge in [-0.1, -0.05) is 86.0 Å². The van der Waals surface area contributed by atoms with Crippen molar-refractivity contribution in [3.63, 3.8) is 0 Å². The second-order valence-corrected chi connectivity index (χ2v) is 28.6. The third-order valence-corrected chi connectivity index (χ3v) is 15.5. The number of rotatable bonds is 41. The molecule has 0 saturated heterocycles. The van der Waals surface area contributed by atoms with E-state index in [1.807, 2.05) is 72.8 Å². The molecule has 5 aromatic carbocycles. The number of esters is 1. The van der Waals surface area contributed by atoms with Crippen LogP contribution in [0.2, 0.25) is 30.2 Å². The van der Waals surface area contributed by atoms with Crippen LogP contribution < -0.4 is 18.9 Å². The van der Waals surface area contributed by atoms with Crippen LogP contribution in [0, 0.1) is 0 Å². The van der Waals surface area contributed by atoms with Crippen LogP contribution in [0.25, 0.3) is 0 Å². The molecule has 466 valence electrons. The first-order valence-corrected chi connectivity index (χ1v) is 36.1. The lowest BCUT2D eigenvalue weighted by molar-refractivity contribution is -0.131. The van der Waals surface area contributed by atoms with Crippen molar-refractivity contribution in [3.05, 3.63) is 175 Å². The number of carbonyl (C=O) groups excluding carboxylic acids is 2. The molecule has 0 unspecified atom stereocenters. The lowest BCUT2D eigenvalue weighted by Gasteiger charge is -2.18. The van der Waals surface area contributed by atoms with Crippen LogP contribution in [-0.4, -0.2) is 161 Å². The van der Waals surface area contributed by atoms with Gasteiger partial charge in [-0.05, 0) is 173 Å². The standard InChI is InChI=1S/C14H22O6Si.C12H18O4Si.C11H16O5Si.C11H16O4Si.C9H14O3Si/c1-14(2,3)20-13(15)19-12-8-6-11(7-9-12)5-4-10-21(16,17)18;1-2-9-16-12-7-5-11(6-8-12)4-3-10-17(13,14)15;1-9(12)16-11-6-4-10(5-7-11)3-2-8-17(13,14)15;1-2-15-11-7-5-10(6-8-11)4-3-9-16(12,13)14;10-9-6-2-1-4-8(9)5-3-7-13(11)12/h6-9,16-18H,4-5,10H2,1-3H3;2,5-8,13-15H,1,3-4,9-10H2;4-7,13-15H,2-3,8H2,1H3;2,5-8,12-14H,1,3-4,9H2;1-2,4,6,10-13H,3,5,7H2/i16T,17T,18T;2*13T,14T,15T;12T,13T,14T;11T,12T. The van der Waals surface area contributed by atoms with Gasteiger partial charge in [0.2, 0.25) is 0 Å². The first-order valence-electron chi connectivity index (χ1n) is 32.4. The normalized spacial score (nSPS) is 13.5. The SMILES string of the molecule is [3H]O[SiH](CCCc1ccccc1O)O[3H].[3H]O[Si](CCCc1ccc(OC(=O)OC(C)(C)C)cc1)(O[3H])O[3H].[3H]O[Si](CCCc1ccc(OC(C)=O)cc1)(O[3H])O[3H].[3H]O[Si](CCCc1ccc(OC=C)cc1)(O[3H])O[3H].[3H]O[Si](CCCc1ccc(OCC=C)cc1)(O[3H])O[3H]. The summed E-state index contributed by atoms with van der Waals surface area (Å²) in [5.74, 6) is 2.24. The second kappa shape index (κ2) is 39.8. The number of para-hydroxylation sites is 1. The molecule has 0 amide bonds. The maximum absolute atomic E-state index is 11.6. The van der Waals surface area contributed by atoms with E-state index in [9.17, 15) is 14.7 Å². The Morgan fingerprint density at radius 2 is 0.905 bits per heavy atom. The molecule has 0 fully saturated rings. The van der Waals surface area contributed by atoms with Gasteiger partial charge in [0.05, 0.1) is 6.26 Å². The fourth-order valence-corrected chi connectivity index (χ4v) is 9.91. The minimum Gasteiger partial charge on any atom is -0.508 e. The zero-order valence-electron chi connectivity index (χ0n) is 61.5. The van der Waals surface area contributed by atoms with Crippen LogP contribution in [-0.2, 0) is 41.6 Å². The highest BCUT2D eigenvalue weighted by Gasteiger charge is 2.28. The van der Waals surface area contributed by atoms with E-state index in [1.165, 1.54) is 13.2 Å². The van der Waals surface area contributed by atoms with Gasteiger partial charge in [0.25, 0.3) is 0 Å².